The van der Waals surface area contributed by atoms with Gasteiger partial charge < -0.3 is 39.7 Å². The molecule has 4 saturated heterocycles. The monoisotopic (exact) mass is 755 g/mol. The van der Waals surface area contributed by atoms with Gasteiger partial charge in [0.25, 0.3) is 11.8 Å². The second kappa shape index (κ2) is 18.7. The summed E-state index contributed by atoms with van der Waals surface area (Å²) < 4.78 is 40.4. The van der Waals surface area contributed by atoms with E-state index in [1.165, 1.54) is 0 Å². The van der Waals surface area contributed by atoms with E-state index < -0.39 is 23.2 Å². The van der Waals surface area contributed by atoms with Crippen molar-refractivity contribution in [3.8, 4) is 0 Å². The molecular formula is C39H68F2N6O6. The summed E-state index contributed by atoms with van der Waals surface area (Å²) in [7, 11) is 0. The van der Waals surface area contributed by atoms with Gasteiger partial charge >= 0.3 is 12.2 Å². The highest BCUT2D eigenvalue weighted by molar-refractivity contribution is 5.86. The van der Waals surface area contributed by atoms with E-state index in [4.69, 9.17) is 9.47 Å². The number of rotatable bonds is 8. The van der Waals surface area contributed by atoms with Crippen molar-refractivity contribution in [2.24, 2.45) is 5.41 Å². The lowest BCUT2D eigenvalue weighted by atomic mass is 9.89. The first kappa shape index (κ1) is 43.0. The molecule has 1 aliphatic carbocycles. The normalized spacial score (nSPS) is 26.1. The van der Waals surface area contributed by atoms with Gasteiger partial charge in [-0.15, -0.1) is 0 Å². The van der Waals surface area contributed by atoms with Gasteiger partial charge in [0.1, 0.15) is 0 Å². The maximum atomic E-state index is 15.1. The van der Waals surface area contributed by atoms with Crippen molar-refractivity contribution >= 4 is 24.0 Å². The Morgan fingerprint density at radius 3 is 1.43 bits per heavy atom. The van der Waals surface area contributed by atoms with Gasteiger partial charge in [0.2, 0.25) is 0 Å². The predicted molar refractivity (Wildman–Crippen MR) is 200 cm³/mol. The van der Waals surface area contributed by atoms with Crippen molar-refractivity contribution in [1.82, 2.24) is 30.2 Å². The number of alkyl halides is 2. The van der Waals surface area contributed by atoms with E-state index in [1.807, 2.05) is 41.5 Å². The fourth-order valence-corrected chi connectivity index (χ4v) is 7.83. The summed E-state index contributed by atoms with van der Waals surface area (Å²) in [6.45, 7) is 18.1. The minimum absolute atomic E-state index is 0.0577. The van der Waals surface area contributed by atoms with E-state index in [1.54, 1.807) is 9.80 Å². The van der Waals surface area contributed by atoms with E-state index in [9.17, 15) is 19.2 Å². The van der Waals surface area contributed by atoms with Gasteiger partial charge in [-0.25, -0.2) is 18.4 Å². The molecule has 0 radical (unpaired) electrons. The minimum atomic E-state index is -1.76. The maximum Gasteiger partial charge on any atom is 0.409 e. The van der Waals surface area contributed by atoms with Crippen LogP contribution >= 0.6 is 0 Å². The standard InChI is InChI=1S/C20H36FN3O3.C19H32FN3O3/c1-5-27-18(26)24-11-6-7-16(8-12-24)23-13-9-20(21,10-14-23)17(25)22-15-19(2,3)4;1-3-26-17(25)23-11-4-5-15(6-12-23)22-13-9-19(20,10-14-22)16(24)21-18(2)7-8-18/h16H,5-15H2,1-4H3,(H,22,25);15H,3-14H2,1-2H3,(H,21,24). The second-order valence-corrected chi connectivity index (χ2v) is 17.3. The molecule has 12 nitrogen and oxygen atoms in total. The quantitative estimate of drug-likeness (QED) is 0.337. The number of piperidine rings is 2. The number of nitrogens with zero attached hydrogens (tertiary/aromatic N) is 4. The van der Waals surface area contributed by atoms with Crippen molar-refractivity contribution in [3.05, 3.63) is 0 Å². The number of likely N-dealkylation sites (tertiary alicyclic amines) is 4. The van der Waals surface area contributed by atoms with Crippen LogP contribution < -0.4 is 10.6 Å². The van der Waals surface area contributed by atoms with Crippen molar-refractivity contribution in [2.75, 3.05) is 72.1 Å². The Labute approximate surface area is 316 Å². The topological polar surface area (TPSA) is 124 Å². The van der Waals surface area contributed by atoms with Gasteiger partial charge in [0.15, 0.2) is 11.3 Å². The molecule has 2 atom stereocenters. The van der Waals surface area contributed by atoms with E-state index in [2.05, 4.69) is 20.4 Å². The lowest BCUT2D eigenvalue weighted by Crippen LogP contribution is -2.55. The Kier molecular flexibility index (Phi) is 15.2. The molecule has 5 rings (SSSR count). The first-order chi connectivity index (χ1) is 25.0. The summed E-state index contributed by atoms with van der Waals surface area (Å²) in [5, 5.41) is 5.66. The van der Waals surface area contributed by atoms with Crippen LogP contribution in [0.15, 0.2) is 0 Å². The number of nitrogens with one attached hydrogen (secondary N) is 2. The van der Waals surface area contributed by atoms with E-state index in [-0.39, 0.29) is 48.8 Å². The lowest BCUT2D eigenvalue weighted by Gasteiger charge is -2.40. The molecule has 5 aliphatic rings. The van der Waals surface area contributed by atoms with Crippen LogP contribution in [0, 0.1) is 5.41 Å². The molecule has 0 bridgehead atoms. The number of ether oxygens (including phenoxy) is 2. The number of amides is 4. The predicted octanol–water partition coefficient (Wildman–Crippen LogP) is 5.43. The number of hydrogen-bond donors (Lipinski definition) is 2. The molecule has 2 N–H and O–H groups in total. The Balaban J connectivity index is 0.000000237. The van der Waals surface area contributed by atoms with Gasteiger partial charge in [0.05, 0.1) is 13.2 Å². The highest BCUT2D eigenvalue weighted by Crippen LogP contribution is 2.37. The molecule has 14 heteroatoms. The summed E-state index contributed by atoms with van der Waals surface area (Å²) in [5.41, 5.74) is -3.73. The molecule has 5 fully saturated rings. The average Bonchev–Trinajstić information content (AvgIpc) is 3.93. The Morgan fingerprint density at radius 1 is 0.642 bits per heavy atom. The van der Waals surface area contributed by atoms with Gasteiger partial charge in [-0.05, 0) is 77.6 Å². The minimum Gasteiger partial charge on any atom is -0.450 e. The largest absolute Gasteiger partial charge is 0.450 e. The molecule has 4 aliphatic heterocycles. The summed E-state index contributed by atoms with van der Waals surface area (Å²) in [4.78, 5) is 56.6. The first-order valence-electron chi connectivity index (χ1n) is 20.3. The van der Waals surface area contributed by atoms with Crippen molar-refractivity contribution in [1.29, 1.82) is 0 Å². The summed E-state index contributed by atoms with van der Waals surface area (Å²) >= 11 is 0. The van der Waals surface area contributed by atoms with Crippen LogP contribution in [0.5, 0.6) is 0 Å². The maximum absolute atomic E-state index is 15.1. The SMILES string of the molecule is CCOC(=O)N1CCCC(N2CCC(F)(C(=O)NC3(C)CC3)CC2)CC1.CCOC(=O)N1CCCC(N2CCC(F)(C(=O)NCC(C)(C)C)CC2)CC1. The van der Waals surface area contributed by atoms with Crippen LogP contribution in [0.2, 0.25) is 0 Å². The number of carbonyl (C=O) groups excluding carboxylic acids is 4. The van der Waals surface area contributed by atoms with Crippen LogP contribution in [0.4, 0.5) is 18.4 Å². The van der Waals surface area contributed by atoms with Crippen LogP contribution in [-0.4, -0.2) is 145 Å². The van der Waals surface area contributed by atoms with Gasteiger partial charge in [-0.2, -0.15) is 0 Å². The van der Waals surface area contributed by atoms with Gasteiger partial charge in [-0.3, -0.25) is 9.59 Å². The molecule has 0 aromatic heterocycles. The van der Waals surface area contributed by atoms with Crippen LogP contribution in [0.1, 0.15) is 119 Å². The van der Waals surface area contributed by atoms with Crippen LogP contribution in [0.25, 0.3) is 0 Å². The lowest BCUT2D eigenvalue weighted by molar-refractivity contribution is -0.137. The summed E-state index contributed by atoms with van der Waals surface area (Å²) in [5.74, 6) is -0.891. The summed E-state index contributed by atoms with van der Waals surface area (Å²) in [6, 6.07) is 0.689. The van der Waals surface area contributed by atoms with Crippen molar-refractivity contribution < 1.29 is 37.4 Å². The number of carbonyl (C=O) groups is 4. The highest BCUT2D eigenvalue weighted by atomic mass is 19.1. The van der Waals surface area contributed by atoms with E-state index in [0.717, 1.165) is 57.9 Å². The molecule has 53 heavy (non-hydrogen) atoms. The van der Waals surface area contributed by atoms with Crippen LogP contribution in [0.3, 0.4) is 0 Å². The molecule has 2 unspecified atom stereocenters. The Hall–Kier alpha value is -2.74. The zero-order valence-corrected chi connectivity index (χ0v) is 33.4. The Bertz CT molecular complexity index is 1230. The molecular weight excluding hydrogens is 686 g/mol. The highest BCUT2D eigenvalue weighted by Gasteiger charge is 2.48. The van der Waals surface area contributed by atoms with Crippen LogP contribution in [-0.2, 0) is 19.1 Å². The molecule has 0 aromatic rings. The second-order valence-electron chi connectivity index (χ2n) is 17.3. The van der Waals surface area contributed by atoms with E-state index in [0.29, 0.717) is 77.7 Å². The van der Waals surface area contributed by atoms with Crippen molar-refractivity contribution in [2.45, 2.75) is 148 Å². The third kappa shape index (κ3) is 12.7. The zero-order chi connectivity index (χ0) is 38.9. The third-order valence-electron chi connectivity index (χ3n) is 11.7. The average molecular weight is 755 g/mol. The smallest absolute Gasteiger partial charge is 0.409 e. The fraction of sp³-hybridized carbons (Fsp3) is 0.897. The van der Waals surface area contributed by atoms with Gasteiger partial charge in [0, 0.05) is 102 Å². The zero-order valence-electron chi connectivity index (χ0n) is 33.4. The summed E-state index contributed by atoms with van der Waals surface area (Å²) in [6.07, 6.45) is 7.99. The molecule has 1 saturated carbocycles. The molecule has 4 heterocycles. The first-order valence-corrected chi connectivity index (χ1v) is 20.3. The number of halogens is 2. The third-order valence-corrected chi connectivity index (χ3v) is 11.7. The Morgan fingerprint density at radius 2 is 1.06 bits per heavy atom. The molecule has 0 spiro atoms. The molecule has 4 amide bonds. The van der Waals surface area contributed by atoms with Gasteiger partial charge in [-0.1, -0.05) is 20.8 Å². The molecule has 0 aromatic carbocycles. The molecule has 304 valence electrons. The van der Waals surface area contributed by atoms with Crippen molar-refractivity contribution in [3.63, 3.8) is 0 Å². The van der Waals surface area contributed by atoms with E-state index >= 15 is 8.78 Å². The number of hydrogen-bond acceptors (Lipinski definition) is 8. The fourth-order valence-electron chi connectivity index (χ4n) is 7.83.